The lowest BCUT2D eigenvalue weighted by molar-refractivity contribution is -0.144. The molecule has 2 aromatic heterocycles. The molecule has 0 N–H and O–H groups in total. The fraction of sp³-hybridized carbons (Fsp3) is 0.238. The van der Waals surface area contributed by atoms with Crippen LogP contribution in [0, 0.1) is 6.92 Å². The number of methoxy groups -OCH3 is 1. The number of carbonyl (C=O) groups is 1. The molecule has 148 valence electrons. The highest BCUT2D eigenvalue weighted by molar-refractivity contribution is 5.81. The van der Waals surface area contributed by atoms with E-state index in [1.807, 2.05) is 43.3 Å². The molecule has 4 aromatic rings. The molecule has 2 heterocycles. The van der Waals surface area contributed by atoms with Gasteiger partial charge in [0.25, 0.3) is 5.56 Å². The van der Waals surface area contributed by atoms with E-state index < -0.39 is 5.97 Å². The summed E-state index contributed by atoms with van der Waals surface area (Å²) in [7, 11) is 3.20. The summed E-state index contributed by atoms with van der Waals surface area (Å²) in [6, 6.07) is 12.9. The lowest BCUT2D eigenvalue weighted by Crippen LogP contribution is -2.21. The first kappa shape index (κ1) is 18.7. The Morgan fingerprint density at radius 2 is 1.93 bits per heavy atom. The number of hydrogen-bond donors (Lipinski definition) is 0. The summed E-state index contributed by atoms with van der Waals surface area (Å²) in [5, 5.41) is 8.80. The van der Waals surface area contributed by atoms with E-state index in [9.17, 15) is 9.59 Å². The van der Waals surface area contributed by atoms with E-state index in [-0.39, 0.29) is 18.6 Å². The number of ether oxygens (including phenoxy) is 2. The Hall–Kier alpha value is -3.68. The average Bonchev–Trinajstić information content (AvgIpc) is 3.15. The number of fused-ring (bicyclic) bond motifs is 3. The Labute approximate surface area is 166 Å². The first-order valence-corrected chi connectivity index (χ1v) is 9.10. The maximum Gasteiger partial charge on any atom is 0.310 e. The topological polar surface area (TPSA) is 87.7 Å². The van der Waals surface area contributed by atoms with E-state index in [0.717, 1.165) is 11.1 Å². The zero-order valence-electron chi connectivity index (χ0n) is 16.4. The minimum absolute atomic E-state index is 0.0592. The van der Waals surface area contributed by atoms with Crippen LogP contribution in [0.2, 0.25) is 0 Å². The molecule has 0 aliphatic rings. The smallest absolute Gasteiger partial charge is 0.310 e. The van der Waals surface area contributed by atoms with E-state index >= 15 is 0 Å². The van der Waals surface area contributed by atoms with Gasteiger partial charge in [-0.3, -0.25) is 18.6 Å². The maximum atomic E-state index is 12.6. The number of esters is 1. The zero-order chi connectivity index (χ0) is 20.5. The molecule has 0 saturated heterocycles. The Morgan fingerprint density at radius 3 is 2.72 bits per heavy atom. The zero-order valence-corrected chi connectivity index (χ0v) is 16.4. The maximum absolute atomic E-state index is 12.6. The van der Waals surface area contributed by atoms with Gasteiger partial charge in [0.1, 0.15) is 5.75 Å². The summed E-state index contributed by atoms with van der Waals surface area (Å²) >= 11 is 0. The fourth-order valence-corrected chi connectivity index (χ4v) is 3.35. The van der Waals surface area contributed by atoms with Crippen LogP contribution in [0.3, 0.4) is 0 Å². The Bertz CT molecular complexity index is 1290. The molecule has 0 unspecified atom stereocenters. The largest absolute Gasteiger partial charge is 0.496 e. The quantitative estimate of drug-likeness (QED) is 0.484. The first-order chi connectivity index (χ1) is 14.0. The van der Waals surface area contributed by atoms with Crippen molar-refractivity contribution in [2.75, 3.05) is 7.11 Å². The van der Waals surface area contributed by atoms with Crippen molar-refractivity contribution in [3.05, 3.63) is 69.8 Å². The summed E-state index contributed by atoms with van der Waals surface area (Å²) in [6.07, 6.45) is 0.0825. The summed E-state index contributed by atoms with van der Waals surface area (Å²) in [5.41, 5.74) is 2.25. The first-order valence-electron chi connectivity index (χ1n) is 9.10. The number of aryl methyl sites for hydroxylation is 2. The van der Waals surface area contributed by atoms with Gasteiger partial charge in [-0.25, -0.2) is 0 Å². The molecule has 0 atom stereocenters. The van der Waals surface area contributed by atoms with Crippen molar-refractivity contribution in [1.29, 1.82) is 0 Å². The van der Waals surface area contributed by atoms with E-state index in [2.05, 4.69) is 10.2 Å². The monoisotopic (exact) mass is 392 g/mol. The van der Waals surface area contributed by atoms with Gasteiger partial charge in [-0.15, -0.1) is 10.2 Å². The molecular weight excluding hydrogens is 372 g/mol. The molecule has 8 nitrogen and oxygen atoms in total. The third kappa shape index (κ3) is 3.33. The normalized spacial score (nSPS) is 11.1. The van der Waals surface area contributed by atoms with Crippen LogP contribution in [-0.4, -0.2) is 32.2 Å². The van der Waals surface area contributed by atoms with Crippen molar-refractivity contribution in [1.82, 2.24) is 19.2 Å². The highest BCUT2D eigenvalue weighted by Gasteiger charge is 2.17. The molecule has 0 aliphatic carbocycles. The minimum Gasteiger partial charge on any atom is -0.496 e. The summed E-state index contributed by atoms with van der Waals surface area (Å²) in [5.74, 6) is 1.06. The van der Waals surface area contributed by atoms with Crippen LogP contribution < -0.4 is 10.3 Å². The molecule has 0 amide bonds. The SMILES string of the molecule is COc1ccccc1CC(=O)OCc1nnc2n(C)c(=O)c3cc(C)ccc3n12. The molecule has 0 fully saturated rings. The number of benzene rings is 2. The van der Waals surface area contributed by atoms with Gasteiger partial charge in [0.2, 0.25) is 5.78 Å². The number of aromatic nitrogens is 4. The Morgan fingerprint density at radius 1 is 1.14 bits per heavy atom. The van der Waals surface area contributed by atoms with Crippen molar-refractivity contribution in [2.24, 2.45) is 7.05 Å². The van der Waals surface area contributed by atoms with Crippen LogP contribution in [0.5, 0.6) is 5.75 Å². The molecule has 0 aliphatic heterocycles. The van der Waals surface area contributed by atoms with Gasteiger partial charge >= 0.3 is 5.97 Å². The Kier molecular flexibility index (Phi) is 4.75. The van der Waals surface area contributed by atoms with Crippen molar-refractivity contribution < 1.29 is 14.3 Å². The summed E-state index contributed by atoms with van der Waals surface area (Å²) in [6.45, 7) is 1.87. The van der Waals surface area contributed by atoms with Crippen LogP contribution in [0.4, 0.5) is 0 Å². The average molecular weight is 392 g/mol. The van der Waals surface area contributed by atoms with E-state index in [1.165, 1.54) is 4.57 Å². The van der Waals surface area contributed by atoms with Gasteiger partial charge < -0.3 is 9.47 Å². The predicted molar refractivity (Wildman–Crippen MR) is 107 cm³/mol. The third-order valence-electron chi connectivity index (χ3n) is 4.83. The molecule has 4 rings (SSSR count). The van der Waals surface area contributed by atoms with Crippen molar-refractivity contribution >= 4 is 22.6 Å². The highest BCUT2D eigenvalue weighted by atomic mass is 16.5. The van der Waals surface area contributed by atoms with Gasteiger partial charge in [-0.05, 0) is 25.1 Å². The van der Waals surface area contributed by atoms with Crippen LogP contribution in [0.25, 0.3) is 16.7 Å². The van der Waals surface area contributed by atoms with Crippen LogP contribution in [0.1, 0.15) is 17.0 Å². The van der Waals surface area contributed by atoms with E-state index in [1.54, 1.807) is 24.6 Å². The van der Waals surface area contributed by atoms with Crippen LogP contribution >= 0.6 is 0 Å². The number of nitrogens with zero attached hydrogens (tertiary/aromatic N) is 4. The molecule has 0 radical (unpaired) electrons. The van der Waals surface area contributed by atoms with Crippen molar-refractivity contribution in [3.63, 3.8) is 0 Å². The van der Waals surface area contributed by atoms with Crippen LogP contribution in [0.15, 0.2) is 47.3 Å². The van der Waals surface area contributed by atoms with Gasteiger partial charge in [0, 0.05) is 12.6 Å². The number of para-hydroxylation sites is 1. The standard InChI is InChI=1S/C21H20N4O4/c1-13-8-9-16-15(10-13)20(27)24(2)21-23-22-18(25(16)21)12-29-19(26)11-14-6-4-5-7-17(14)28-3/h4-10H,11-12H2,1-3H3. The minimum atomic E-state index is -0.406. The molecule has 0 spiro atoms. The second-order valence-corrected chi connectivity index (χ2v) is 6.79. The number of hydrogen-bond acceptors (Lipinski definition) is 6. The van der Waals surface area contributed by atoms with Gasteiger partial charge in [-0.2, -0.15) is 0 Å². The highest BCUT2D eigenvalue weighted by Crippen LogP contribution is 2.19. The second kappa shape index (κ2) is 7.38. The number of carbonyl (C=O) groups excluding carboxylic acids is 1. The fourth-order valence-electron chi connectivity index (χ4n) is 3.35. The van der Waals surface area contributed by atoms with Gasteiger partial charge in [0.15, 0.2) is 12.4 Å². The van der Waals surface area contributed by atoms with Crippen molar-refractivity contribution in [3.8, 4) is 5.75 Å². The second-order valence-electron chi connectivity index (χ2n) is 6.79. The number of rotatable bonds is 5. The molecule has 8 heteroatoms. The Balaban J connectivity index is 1.64. The van der Waals surface area contributed by atoms with Gasteiger partial charge in [0.05, 0.1) is 24.4 Å². The summed E-state index contributed by atoms with van der Waals surface area (Å²) < 4.78 is 13.9. The summed E-state index contributed by atoms with van der Waals surface area (Å²) in [4.78, 5) is 25.0. The molecule has 2 aromatic carbocycles. The van der Waals surface area contributed by atoms with Crippen molar-refractivity contribution in [2.45, 2.75) is 20.0 Å². The molecule has 29 heavy (non-hydrogen) atoms. The van der Waals surface area contributed by atoms with E-state index in [0.29, 0.717) is 28.3 Å². The predicted octanol–water partition coefficient (Wildman–Crippen LogP) is 2.18. The molecular formula is C21H20N4O4. The van der Waals surface area contributed by atoms with E-state index in [4.69, 9.17) is 9.47 Å². The van der Waals surface area contributed by atoms with Gasteiger partial charge in [-0.1, -0.05) is 29.8 Å². The lowest BCUT2D eigenvalue weighted by Gasteiger charge is -2.10. The lowest BCUT2D eigenvalue weighted by atomic mass is 10.1. The third-order valence-corrected chi connectivity index (χ3v) is 4.83. The van der Waals surface area contributed by atoms with Crippen LogP contribution in [-0.2, 0) is 29.6 Å². The molecule has 0 bridgehead atoms. The molecule has 0 saturated carbocycles.